The molecule has 3 aromatic rings. The van der Waals surface area contributed by atoms with Gasteiger partial charge in [0.15, 0.2) is 10.9 Å². The van der Waals surface area contributed by atoms with Gasteiger partial charge < -0.3 is 10.1 Å². The van der Waals surface area contributed by atoms with Gasteiger partial charge in [0.1, 0.15) is 11.3 Å². The summed E-state index contributed by atoms with van der Waals surface area (Å²) in [5, 5.41) is 3.85. The summed E-state index contributed by atoms with van der Waals surface area (Å²) in [7, 11) is 1.63. The maximum Gasteiger partial charge on any atom is 0.184 e. The Balaban J connectivity index is 1.76. The zero-order chi connectivity index (χ0) is 16.4. The molecule has 0 fully saturated rings. The fourth-order valence-corrected chi connectivity index (χ4v) is 3.42. The number of thiazole rings is 1. The first-order chi connectivity index (χ1) is 11.1. The van der Waals surface area contributed by atoms with Crippen LogP contribution in [-0.2, 0) is 0 Å². The van der Waals surface area contributed by atoms with Gasteiger partial charge in [0.25, 0.3) is 0 Å². The predicted octanol–water partition coefficient (Wildman–Crippen LogP) is 4.22. The van der Waals surface area contributed by atoms with Crippen molar-refractivity contribution >= 4 is 32.5 Å². The number of rotatable bonds is 5. The molecule has 3 rings (SSSR count). The van der Waals surface area contributed by atoms with E-state index in [1.165, 1.54) is 11.3 Å². The lowest BCUT2D eigenvalue weighted by molar-refractivity contribution is 0.101. The largest absolute Gasteiger partial charge is 0.494 e. The Bertz CT molecular complexity index is 871. The number of ketones is 1. The summed E-state index contributed by atoms with van der Waals surface area (Å²) in [6.45, 7) is 4.21. The number of aromatic nitrogens is 1. The van der Waals surface area contributed by atoms with Crippen LogP contribution in [0.15, 0.2) is 36.4 Å². The highest BCUT2D eigenvalue weighted by Gasteiger charge is 2.12. The van der Waals surface area contributed by atoms with E-state index < -0.39 is 0 Å². The number of para-hydroxylation sites is 1. The minimum Gasteiger partial charge on any atom is -0.494 e. The fourth-order valence-electron chi connectivity index (χ4n) is 2.54. The second-order valence-corrected chi connectivity index (χ2v) is 6.45. The Morgan fingerprint density at radius 3 is 2.83 bits per heavy atom. The van der Waals surface area contributed by atoms with Crippen LogP contribution in [0.1, 0.15) is 21.5 Å². The molecule has 0 amide bonds. The van der Waals surface area contributed by atoms with E-state index in [0.717, 1.165) is 37.8 Å². The average molecular weight is 326 g/mol. The van der Waals surface area contributed by atoms with Gasteiger partial charge in [-0.2, -0.15) is 0 Å². The number of nitrogens with one attached hydrogen (secondary N) is 1. The summed E-state index contributed by atoms with van der Waals surface area (Å²) >= 11 is 1.52. The molecular formula is C18H18N2O2S. The van der Waals surface area contributed by atoms with Gasteiger partial charge in [-0.15, -0.1) is 0 Å². The third kappa shape index (κ3) is 3.19. The Morgan fingerprint density at radius 1 is 1.26 bits per heavy atom. The number of carbonyl (C=O) groups excluding carboxylic acids is 1. The van der Waals surface area contributed by atoms with Crippen LogP contribution in [0.5, 0.6) is 5.75 Å². The number of anilines is 1. The van der Waals surface area contributed by atoms with E-state index >= 15 is 0 Å². The molecule has 0 bridgehead atoms. The van der Waals surface area contributed by atoms with Crippen molar-refractivity contribution in [1.29, 1.82) is 0 Å². The number of methoxy groups -OCH3 is 1. The van der Waals surface area contributed by atoms with E-state index in [9.17, 15) is 4.79 Å². The summed E-state index contributed by atoms with van der Waals surface area (Å²) in [5.41, 5.74) is 3.73. The molecule has 0 aliphatic carbocycles. The van der Waals surface area contributed by atoms with Crippen molar-refractivity contribution in [1.82, 2.24) is 4.98 Å². The highest BCUT2D eigenvalue weighted by atomic mass is 32.1. The second-order valence-electron chi connectivity index (χ2n) is 5.42. The van der Waals surface area contributed by atoms with Gasteiger partial charge in [-0.05, 0) is 31.5 Å². The molecule has 118 valence electrons. The third-order valence-corrected chi connectivity index (χ3v) is 4.66. The zero-order valence-electron chi connectivity index (χ0n) is 13.3. The average Bonchev–Trinajstić information content (AvgIpc) is 2.95. The Hall–Kier alpha value is -2.40. The van der Waals surface area contributed by atoms with Crippen molar-refractivity contribution in [2.45, 2.75) is 13.8 Å². The summed E-state index contributed by atoms with van der Waals surface area (Å²) in [4.78, 5) is 16.9. The predicted molar refractivity (Wildman–Crippen MR) is 94.9 cm³/mol. The van der Waals surface area contributed by atoms with E-state index in [2.05, 4.69) is 10.3 Å². The van der Waals surface area contributed by atoms with Crippen LogP contribution in [-0.4, -0.2) is 24.4 Å². The third-order valence-electron chi connectivity index (χ3n) is 3.68. The lowest BCUT2D eigenvalue weighted by Gasteiger charge is -2.06. The Kier molecular flexibility index (Phi) is 4.30. The molecule has 1 N–H and O–H groups in total. The molecule has 0 unspecified atom stereocenters. The molecule has 4 nitrogen and oxygen atoms in total. The van der Waals surface area contributed by atoms with Crippen LogP contribution in [0.2, 0.25) is 0 Å². The number of Topliss-reactive ketones (excluding diaryl/α,β-unsaturated/α-hetero) is 1. The van der Waals surface area contributed by atoms with Gasteiger partial charge in [0.2, 0.25) is 0 Å². The Labute approximate surface area is 139 Å². The van der Waals surface area contributed by atoms with Crippen LogP contribution in [0, 0.1) is 13.8 Å². The number of nitrogens with zero attached hydrogens (tertiary/aromatic N) is 1. The van der Waals surface area contributed by atoms with Gasteiger partial charge >= 0.3 is 0 Å². The molecule has 1 heterocycles. The quantitative estimate of drug-likeness (QED) is 0.713. The molecule has 1 aromatic heterocycles. The van der Waals surface area contributed by atoms with Crippen LogP contribution in [0.25, 0.3) is 10.2 Å². The maximum atomic E-state index is 12.4. The maximum absolute atomic E-state index is 12.4. The lowest BCUT2D eigenvalue weighted by atomic mass is 10.0. The van der Waals surface area contributed by atoms with Crippen molar-refractivity contribution in [2.24, 2.45) is 0 Å². The van der Waals surface area contributed by atoms with Crippen molar-refractivity contribution in [3.05, 3.63) is 53.1 Å². The molecule has 0 radical (unpaired) electrons. The molecule has 5 heteroatoms. The number of aryl methyl sites for hydroxylation is 2. The monoisotopic (exact) mass is 326 g/mol. The Morgan fingerprint density at radius 2 is 2.09 bits per heavy atom. The van der Waals surface area contributed by atoms with Crippen molar-refractivity contribution in [3.8, 4) is 5.75 Å². The molecule has 0 aliphatic heterocycles. The second kappa shape index (κ2) is 6.38. The first-order valence-corrected chi connectivity index (χ1v) is 8.18. The lowest BCUT2D eigenvalue weighted by Crippen LogP contribution is -2.15. The van der Waals surface area contributed by atoms with Crippen molar-refractivity contribution in [3.63, 3.8) is 0 Å². The number of hydrogen-bond donors (Lipinski definition) is 1. The molecule has 0 saturated carbocycles. The number of ether oxygens (including phenoxy) is 1. The first-order valence-electron chi connectivity index (χ1n) is 7.36. The molecule has 0 atom stereocenters. The summed E-state index contributed by atoms with van der Waals surface area (Å²) < 4.78 is 6.35. The molecular weight excluding hydrogens is 308 g/mol. The van der Waals surface area contributed by atoms with Crippen LogP contribution in [0.3, 0.4) is 0 Å². The summed E-state index contributed by atoms with van der Waals surface area (Å²) in [5.74, 6) is 0.807. The van der Waals surface area contributed by atoms with Crippen LogP contribution >= 0.6 is 11.3 Å². The summed E-state index contributed by atoms with van der Waals surface area (Å²) in [6.07, 6.45) is 0. The zero-order valence-corrected chi connectivity index (χ0v) is 14.2. The van der Waals surface area contributed by atoms with Crippen molar-refractivity contribution < 1.29 is 9.53 Å². The number of carbonyl (C=O) groups is 1. The topological polar surface area (TPSA) is 51.2 Å². The molecule has 0 spiro atoms. The van der Waals surface area contributed by atoms with Gasteiger partial charge in [-0.25, -0.2) is 4.98 Å². The fraction of sp³-hybridized carbons (Fsp3) is 0.222. The highest BCUT2D eigenvalue weighted by Crippen LogP contribution is 2.32. The van der Waals surface area contributed by atoms with E-state index in [-0.39, 0.29) is 12.3 Å². The van der Waals surface area contributed by atoms with Gasteiger partial charge in [-0.1, -0.05) is 41.2 Å². The smallest absolute Gasteiger partial charge is 0.184 e. The molecule has 0 saturated heterocycles. The van der Waals surface area contributed by atoms with Gasteiger partial charge in [0, 0.05) is 5.56 Å². The minimum atomic E-state index is 0.0636. The highest BCUT2D eigenvalue weighted by molar-refractivity contribution is 7.22. The van der Waals surface area contributed by atoms with Gasteiger partial charge in [0.05, 0.1) is 18.4 Å². The normalized spacial score (nSPS) is 10.7. The van der Waals surface area contributed by atoms with Crippen molar-refractivity contribution in [2.75, 3.05) is 19.0 Å². The number of benzene rings is 2. The molecule has 23 heavy (non-hydrogen) atoms. The SMILES string of the molecule is COc1cccc2sc(NCC(=O)c3ccc(C)cc3C)nc12. The van der Waals surface area contributed by atoms with E-state index in [0.29, 0.717) is 0 Å². The van der Waals surface area contributed by atoms with E-state index in [1.807, 2.05) is 50.2 Å². The first kappa shape index (κ1) is 15.5. The number of hydrogen-bond acceptors (Lipinski definition) is 5. The summed E-state index contributed by atoms with van der Waals surface area (Å²) in [6, 6.07) is 11.7. The standard InChI is InChI=1S/C18H18N2O2S/c1-11-7-8-13(12(2)9-11)14(21)10-19-18-20-17-15(22-3)5-4-6-16(17)23-18/h4-9H,10H2,1-3H3,(H,19,20). The number of fused-ring (bicyclic) bond motifs is 1. The molecule has 2 aromatic carbocycles. The van der Waals surface area contributed by atoms with Crippen LogP contribution in [0.4, 0.5) is 5.13 Å². The minimum absolute atomic E-state index is 0.0636. The molecule has 0 aliphatic rings. The van der Waals surface area contributed by atoms with E-state index in [4.69, 9.17) is 4.74 Å². The van der Waals surface area contributed by atoms with Crippen LogP contribution < -0.4 is 10.1 Å². The van der Waals surface area contributed by atoms with E-state index in [1.54, 1.807) is 7.11 Å². The van der Waals surface area contributed by atoms with Gasteiger partial charge in [-0.3, -0.25) is 4.79 Å².